The molecule has 2 heterocycles. The number of hydrogen-bond acceptors (Lipinski definition) is 8. The first kappa shape index (κ1) is 25.4. The molecule has 3 aromatic carbocycles. The molecule has 0 radical (unpaired) electrons. The molecular formula is C28H27N5O4S. The van der Waals surface area contributed by atoms with Crippen LogP contribution in [-0.4, -0.2) is 49.1 Å². The van der Waals surface area contributed by atoms with Gasteiger partial charge in [-0.05, 0) is 67.9 Å². The third kappa shape index (κ3) is 5.25. The Morgan fingerprint density at radius 3 is 2.26 bits per heavy atom. The minimum Gasteiger partial charge on any atom is -0.457 e. The van der Waals surface area contributed by atoms with Gasteiger partial charge in [0.25, 0.3) is 0 Å². The second kappa shape index (κ2) is 10.3. The predicted molar refractivity (Wildman–Crippen MR) is 142 cm³/mol. The van der Waals surface area contributed by atoms with E-state index >= 15 is 0 Å². The lowest BCUT2D eigenvalue weighted by Gasteiger charge is -2.32. The summed E-state index contributed by atoms with van der Waals surface area (Å²) in [6.45, 7) is 5.11. The molecule has 0 bridgehead atoms. The van der Waals surface area contributed by atoms with Crippen molar-refractivity contribution in [2.24, 2.45) is 0 Å². The Morgan fingerprint density at radius 2 is 1.58 bits per heavy atom. The van der Waals surface area contributed by atoms with Crippen molar-refractivity contribution in [3.05, 3.63) is 84.4 Å². The first-order chi connectivity index (χ1) is 18.3. The lowest BCUT2D eigenvalue weighted by atomic mass is 9.85. The van der Waals surface area contributed by atoms with Crippen molar-refractivity contribution >= 4 is 16.0 Å². The van der Waals surface area contributed by atoms with Crippen LogP contribution in [0.2, 0.25) is 0 Å². The number of piperazine rings is 1. The average molecular weight is 530 g/mol. The van der Waals surface area contributed by atoms with E-state index in [9.17, 15) is 13.7 Å². The number of anilines is 1. The maximum atomic E-state index is 13.2. The van der Waals surface area contributed by atoms with Crippen LogP contribution >= 0.6 is 0 Å². The van der Waals surface area contributed by atoms with Crippen LogP contribution in [0.15, 0.2) is 88.2 Å². The molecule has 10 heteroatoms. The lowest BCUT2D eigenvalue weighted by Crippen LogP contribution is -2.48. The highest BCUT2D eigenvalue weighted by atomic mass is 32.2. The van der Waals surface area contributed by atoms with Gasteiger partial charge in [0.1, 0.15) is 11.5 Å². The number of nitrogens with zero attached hydrogens (tertiary/aromatic N) is 5. The van der Waals surface area contributed by atoms with E-state index < -0.39 is 15.4 Å². The van der Waals surface area contributed by atoms with E-state index in [1.165, 1.54) is 4.31 Å². The molecule has 0 N–H and O–H groups in total. The Labute approximate surface area is 222 Å². The van der Waals surface area contributed by atoms with Crippen molar-refractivity contribution in [3.63, 3.8) is 0 Å². The second-order valence-electron chi connectivity index (χ2n) is 9.49. The third-order valence-corrected chi connectivity index (χ3v) is 8.39. The van der Waals surface area contributed by atoms with Crippen molar-refractivity contribution in [3.8, 4) is 29.0 Å². The maximum Gasteiger partial charge on any atom is 0.318 e. The molecule has 4 aromatic rings. The number of hydrogen-bond donors (Lipinski definition) is 0. The summed E-state index contributed by atoms with van der Waals surface area (Å²) in [5.74, 6) is 1.60. The van der Waals surface area contributed by atoms with E-state index in [-0.39, 0.29) is 18.0 Å². The van der Waals surface area contributed by atoms with Crippen LogP contribution < -0.4 is 9.64 Å². The van der Waals surface area contributed by atoms with Gasteiger partial charge in [0.15, 0.2) is 0 Å². The van der Waals surface area contributed by atoms with Gasteiger partial charge in [-0.1, -0.05) is 35.4 Å². The first-order valence-corrected chi connectivity index (χ1v) is 13.6. The van der Waals surface area contributed by atoms with Gasteiger partial charge in [0, 0.05) is 31.7 Å². The quantitative estimate of drug-likeness (QED) is 0.334. The molecule has 0 atom stereocenters. The summed E-state index contributed by atoms with van der Waals surface area (Å²) in [5, 5.41) is 17.8. The summed E-state index contributed by atoms with van der Waals surface area (Å²) in [7, 11) is -3.66. The SMILES string of the molecule is CC(C)(C#N)c1cccc(-c2nnc(N3CCN(S(=O)(=O)c4ccc(Oc5ccccc5)cc4)CC3)o2)c1. The molecule has 0 aliphatic carbocycles. The van der Waals surface area contributed by atoms with E-state index in [1.807, 2.05) is 73.3 Å². The fourth-order valence-corrected chi connectivity index (χ4v) is 5.56. The van der Waals surface area contributed by atoms with Gasteiger partial charge in [-0.25, -0.2) is 8.42 Å². The van der Waals surface area contributed by atoms with Gasteiger partial charge in [-0.15, -0.1) is 5.10 Å². The molecule has 0 amide bonds. The molecule has 1 saturated heterocycles. The van der Waals surface area contributed by atoms with Gasteiger partial charge >= 0.3 is 6.01 Å². The van der Waals surface area contributed by atoms with Crippen LogP contribution in [0.4, 0.5) is 6.01 Å². The zero-order valence-electron chi connectivity index (χ0n) is 21.1. The number of rotatable bonds is 7. The standard InChI is InChI=1S/C28H27N5O4S/c1-28(2,20-29)22-8-6-7-21(19-22)26-30-31-27(37-26)32-15-17-33(18-16-32)38(34,35)25-13-11-24(12-14-25)36-23-9-4-3-5-10-23/h3-14,19H,15-18H2,1-2H3. The first-order valence-electron chi connectivity index (χ1n) is 12.2. The monoisotopic (exact) mass is 529 g/mol. The van der Waals surface area contributed by atoms with E-state index in [0.29, 0.717) is 36.5 Å². The summed E-state index contributed by atoms with van der Waals surface area (Å²) < 4.78 is 39.6. The zero-order valence-corrected chi connectivity index (χ0v) is 21.9. The zero-order chi connectivity index (χ0) is 26.8. The lowest BCUT2D eigenvalue weighted by molar-refractivity contribution is 0.372. The van der Waals surface area contributed by atoms with E-state index in [0.717, 1.165) is 11.1 Å². The molecule has 5 rings (SSSR count). The van der Waals surface area contributed by atoms with Crippen molar-refractivity contribution in [1.29, 1.82) is 5.26 Å². The van der Waals surface area contributed by atoms with E-state index in [1.54, 1.807) is 24.3 Å². The van der Waals surface area contributed by atoms with Crippen LogP contribution in [0.1, 0.15) is 19.4 Å². The molecule has 0 saturated carbocycles. The number of sulfonamides is 1. The normalized spacial score (nSPS) is 14.7. The molecule has 9 nitrogen and oxygen atoms in total. The minimum atomic E-state index is -3.66. The fraction of sp³-hybridized carbons (Fsp3) is 0.250. The van der Waals surface area contributed by atoms with Gasteiger partial charge < -0.3 is 14.1 Å². The fourth-order valence-electron chi connectivity index (χ4n) is 4.14. The molecule has 1 fully saturated rings. The van der Waals surface area contributed by atoms with Gasteiger partial charge in [0.2, 0.25) is 15.9 Å². The predicted octanol–water partition coefficient (Wildman–Crippen LogP) is 4.84. The number of para-hydroxylation sites is 1. The highest BCUT2D eigenvalue weighted by Gasteiger charge is 2.30. The van der Waals surface area contributed by atoms with Crippen molar-refractivity contribution in [1.82, 2.24) is 14.5 Å². The van der Waals surface area contributed by atoms with Gasteiger partial charge in [0.05, 0.1) is 16.4 Å². The van der Waals surface area contributed by atoms with Gasteiger partial charge in [-0.3, -0.25) is 0 Å². The minimum absolute atomic E-state index is 0.214. The number of benzene rings is 3. The summed E-state index contributed by atoms with van der Waals surface area (Å²) in [6, 6.07) is 25.9. The Hall–Kier alpha value is -4.20. The average Bonchev–Trinajstić information content (AvgIpc) is 3.45. The summed E-state index contributed by atoms with van der Waals surface area (Å²) in [6.07, 6.45) is 0. The highest BCUT2D eigenvalue weighted by molar-refractivity contribution is 7.89. The molecule has 0 unspecified atom stereocenters. The smallest absolute Gasteiger partial charge is 0.318 e. The number of nitriles is 1. The molecule has 1 aliphatic rings. The molecular weight excluding hydrogens is 502 g/mol. The molecule has 38 heavy (non-hydrogen) atoms. The summed E-state index contributed by atoms with van der Waals surface area (Å²) in [5.41, 5.74) is 0.942. The summed E-state index contributed by atoms with van der Waals surface area (Å²) in [4.78, 5) is 2.09. The van der Waals surface area contributed by atoms with Crippen molar-refractivity contribution in [2.75, 3.05) is 31.1 Å². The molecule has 0 spiro atoms. The Kier molecular flexibility index (Phi) is 6.89. The van der Waals surface area contributed by atoms with E-state index in [4.69, 9.17) is 9.15 Å². The van der Waals surface area contributed by atoms with Crippen molar-refractivity contribution in [2.45, 2.75) is 24.2 Å². The topological polar surface area (TPSA) is 113 Å². The Bertz CT molecular complexity index is 1550. The largest absolute Gasteiger partial charge is 0.457 e. The summed E-state index contributed by atoms with van der Waals surface area (Å²) >= 11 is 0. The van der Waals surface area contributed by atoms with Crippen LogP contribution in [0.5, 0.6) is 11.5 Å². The van der Waals surface area contributed by atoms with Crippen molar-refractivity contribution < 1.29 is 17.6 Å². The second-order valence-corrected chi connectivity index (χ2v) is 11.4. The molecule has 1 aliphatic heterocycles. The number of ether oxygens (including phenoxy) is 1. The molecule has 194 valence electrons. The van der Waals surface area contributed by atoms with Crippen LogP contribution in [0, 0.1) is 11.3 Å². The van der Waals surface area contributed by atoms with Crippen LogP contribution in [0.25, 0.3) is 11.5 Å². The molecule has 1 aromatic heterocycles. The third-order valence-electron chi connectivity index (χ3n) is 6.47. The van der Waals surface area contributed by atoms with Crippen LogP contribution in [-0.2, 0) is 15.4 Å². The highest BCUT2D eigenvalue weighted by Crippen LogP contribution is 2.29. The Morgan fingerprint density at radius 1 is 0.895 bits per heavy atom. The number of aromatic nitrogens is 2. The maximum absolute atomic E-state index is 13.2. The van der Waals surface area contributed by atoms with Crippen LogP contribution in [0.3, 0.4) is 0 Å². The Balaban J connectivity index is 1.23. The van der Waals surface area contributed by atoms with E-state index in [2.05, 4.69) is 16.3 Å². The van der Waals surface area contributed by atoms with Gasteiger partial charge in [-0.2, -0.15) is 9.57 Å².